The predicted molar refractivity (Wildman–Crippen MR) is 71.2 cm³/mol. The fourth-order valence-electron chi connectivity index (χ4n) is 1.05. The van der Waals surface area contributed by atoms with Crippen LogP contribution in [0.2, 0.25) is 5.02 Å². The summed E-state index contributed by atoms with van der Waals surface area (Å²) in [5.74, 6) is -0.858. The van der Waals surface area contributed by atoms with Gasteiger partial charge in [-0.25, -0.2) is 0 Å². The number of benzene rings is 1. The van der Waals surface area contributed by atoms with Gasteiger partial charge in [0.15, 0.2) is 0 Å². The fraction of sp³-hybridized carbons (Fsp3) is 0.250. The van der Waals surface area contributed by atoms with Crippen LogP contribution in [0.5, 0.6) is 0 Å². The van der Waals surface area contributed by atoms with Gasteiger partial charge in [0, 0.05) is 9.92 Å². The van der Waals surface area contributed by atoms with Crippen LogP contribution < -0.4 is 0 Å². The summed E-state index contributed by atoms with van der Waals surface area (Å²) in [4.78, 5) is 36.2. The molecule has 0 heterocycles. The van der Waals surface area contributed by atoms with Crippen LogP contribution >= 0.6 is 38.6 Å². The summed E-state index contributed by atoms with van der Waals surface area (Å²) in [6, 6.07) is 5.98. The van der Waals surface area contributed by atoms with Gasteiger partial charge in [-0.2, -0.15) is 0 Å². The SMILES string of the molecule is O=P(O)(O)C(O)(CSc1ccc(Cl)cc1)P(=O)(O)O. The van der Waals surface area contributed by atoms with Gasteiger partial charge >= 0.3 is 15.2 Å². The van der Waals surface area contributed by atoms with Gasteiger partial charge in [0.1, 0.15) is 0 Å². The van der Waals surface area contributed by atoms with Crippen LogP contribution in [0.15, 0.2) is 29.2 Å². The topological polar surface area (TPSA) is 135 Å². The zero-order chi connectivity index (χ0) is 14.9. The first-order valence-electron chi connectivity index (χ1n) is 4.69. The standard InChI is InChI=1S/C8H11ClO7P2S/c9-6-1-3-7(4-2-6)19-5-8(10,17(11,12)13)18(14,15)16/h1-4,10H,5H2,(H2,11,12,13)(H2,14,15,16). The van der Waals surface area contributed by atoms with Gasteiger partial charge in [0.2, 0.25) is 0 Å². The zero-order valence-electron chi connectivity index (χ0n) is 9.25. The van der Waals surface area contributed by atoms with Gasteiger partial charge in [-0.3, -0.25) is 9.13 Å². The highest BCUT2D eigenvalue weighted by atomic mass is 35.5. The molecular formula is C8H11ClO7P2S. The number of hydrogen-bond acceptors (Lipinski definition) is 4. The molecule has 0 aliphatic heterocycles. The number of halogens is 1. The summed E-state index contributed by atoms with van der Waals surface area (Å²) < 4.78 is 22.2. The molecule has 11 heteroatoms. The van der Waals surface area contributed by atoms with E-state index in [4.69, 9.17) is 31.2 Å². The van der Waals surface area contributed by atoms with Gasteiger partial charge in [-0.05, 0) is 24.3 Å². The molecule has 0 radical (unpaired) electrons. The van der Waals surface area contributed by atoms with Crippen molar-refractivity contribution in [2.24, 2.45) is 0 Å². The van der Waals surface area contributed by atoms with Gasteiger partial charge < -0.3 is 24.7 Å². The van der Waals surface area contributed by atoms with E-state index in [0.717, 1.165) is 0 Å². The first kappa shape index (κ1) is 17.2. The lowest BCUT2D eigenvalue weighted by Gasteiger charge is -2.28. The van der Waals surface area contributed by atoms with E-state index in [9.17, 15) is 14.2 Å². The Hall–Kier alpha value is 0.120. The van der Waals surface area contributed by atoms with Crippen LogP contribution in [0.4, 0.5) is 0 Å². The lowest BCUT2D eigenvalue weighted by Crippen LogP contribution is -2.31. The molecule has 1 aromatic carbocycles. The third-order valence-corrected chi connectivity index (χ3v) is 7.77. The molecule has 0 spiro atoms. The Balaban J connectivity index is 2.96. The molecule has 0 saturated heterocycles. The van der Waals surface area contributed by atoms with E-state index in [0.29, 0.717) is 21.7 Å². The highest BCUT2D eigenvalue weighted by Crippen LogP contribution is 2.68. The third-order valence-electron chi connectivity index (χ3n) is 2.18. The van der Waals surface area contributed by atoms with E-state index in [-0.39, 0.29) is 0 Å². The summed E-state index contributed by atoms with van der Waals surface area (Å²) in [7, 11) is -10.8. The molecule has 0 saturated carbocycles. The predicted octanol–water partition coefficient (Wildman–Crippen LogP) is 1.43. The average molecular weight is 349 g/mol. The van der Waals surface area contributed by atoms with Crippen molar-refractivity contribution in [3.8, 4) is 0 Å². The summed E-state index contributed by atoms with van der Waals surface area (Å²) >= 11 is 6.34. The molecule has 1 rings (SSSR count). The molecule has 19 heavy (non-hydrogen) atoms. The Morgan fingerprint density at radius 1 is 1.05 bits per heavy atom. The monoisotopic (exact) mass is 348 g/mol. The van der Waals surface area contributed by atoms with Gasteiger partial charge in [0.25, 0.3) is 5.08 Å². The lowest BCUT2D eigenvalue weighted by atomic mass is 10.4. The Kier molecular flexibility index (Phi) is 5.29. The van der Waals surface area contributed by atoms with Crippen LogP contribution in [0, 0.1) is 0 Å². The van der Waals surface area contributed by atoms with E-state index >= 15 is 0 Å². The maximum atomic E-state index is 11.1. The maximum Gasteiger partial charge on any atom is 0.370 e. The van der Waals surface area contributed by atoms with Crippen molar-refractivity contribution in [1.29, 1.82) is 0 Å². The molecule has 7 nitrogen and oxygen atoms in total. The van der Waals surface area contributed by atoms with E-state index in [1.54, 1.807) is 0 Å². The molecule has 0 bridgehead atoms. The van der Waals surface area contributed by atoms with E-state index in [1.165, 1.54) is 24.3 Å². The smallest absolute Gasteiger partial charge is 0.367 e. The minimum Gasteiger partial charge on any atom is -0.367 e. The number of hydrogen-bond donors (Lipinski definition) is 5. The van der Waals surface area contributed by atoms with Crippen molar-refractivity contribution in [3.05, 3.63) is 29.3 Å². The quantitative estimate of drug-likeness (QED) is 0.398. The van der Waals surface area contributed by atoms with Gasteiger partial charge in [-0.15, -0.1) is 11.8 Å². The van der Waals surface area contributed by atoms with Crippen molar-refractivity contribution in [2.75, 3.05) is 5.75 Å². The molecular weight excluding hydrogens is 338 g/mol. The summed E-state index contributed by atoms with van der Waals surface area (Å²) in [5, 5.41) is 6.65. The Morgan fingerprint density at radius 2 is 1.47 bits per heavy atom. The molecule has 0 amide bonds. The average Bonchev–Trinajstić information content (AvgIpc) is 2.24. The van der Waals surface area contributed by atoms with Crippen molar-refractivity contribution >= 4 is 38.6 Å². The molecule has 0 aromatic heterocycles. The highest BCUT2D eigenvalue weighted by molar-refractivity contribution is 8.00. The largest absolute Gasteiger partial charge is 0.370 e. The van der Waals surface area contributed by atoms with Crippen LogP contribution in [0.1, 0.15) is 0 Å². The second kappa shape index (κ2) is 5.85. The van der Waals surface area contributed by atoms with Crippen LogP contribution in [-0.4, -0.2) is 35.5 Å². The summed E-state index contributed by atoms with van der Waals surface area (Å²) in [6.45, 7) is 0. The molecule has 0 aliphatic rings. The zero-order valence-corrected chi connectivity index (χ0v) is 12.6. The number of rotatable bonds is 5. The van der Waals surface area contributed by atoms with Gasteiger partial charge in [-0.1, -0.05) is 11.6 Å². The summed E-state index contributed by atoms with van der Waals surface area (Å²) in [6.07, 6.45) is 0. The molecule has 108 valence electrons. The Bertz CT molecular complexity index is 515. The normalized spacial score (nSPS) is 13.6. The van der Waals surface area contributed by atoms with Crippen LogP contribution in [0.3, 0.4) is 0 Å². The molecule has 0 unspecified atom stereocenters. The number of aliphatic hydroxyl groups is 1. The summed E-state index contributed by atoms with van der Waals surface area (Å²) in [5.41, 5.74) is 0. The highest BCUT2D eigenvalue weighted by Gasteiger charge is 2.59. The molecule has 0 aliphatic carbocycles. The Labute approximate surface area is 117 Å². The lowest BCUT2D eigenvalue weighted by molar-refractivity contribution is 0.150. The minimum atomic E-state index is -5.41. The Morgan fingerprint density at radius 3 is 1.84 bits per heavy atom. The molecule has 5 N–H and O–H groups in total. The molecule has 0 atom stereocenters. The van der Waals surface area contributed by atoms with Crippen molar-refractivity contribution in [1.82, 2.24) is 0 Å². The fourth-order valence-corrected chi connectivity index (χ4v) is 4.95. The van der Waals surface area contributed by atoms with Crippen LogP contribution in [-0.2, 0) is 9.13 Å². The van der Waals surface area contributed by atoms with E-state index in [2.05, 4.69) is 0 Å². The minimum absolute atomic E-state index is 0.435. The maximum absolute atomic E-state index is 11.1. The second-order valence-corrected chi connectivity index (χ2v) is 9.10. The number of thioether (sulfide) groups is 1. The van der Waals surface area contributed by atoms with Crippen molar-refractivity contribution in [3.63, 3.8) is 0 Å². The van der Waals surface area contributed by atoms with E-state index < -0.39 is 26.0 Å². The van der Waals surface area contributed by atoms with Crippen molar-refractivity contribution < 1.29 is 33.8 Å². The third kappa shape index (κ3) is 4.04. The van der Waals surface area contributed by atoms with Crippen molar-refractivity contribution in [2.45, 2.75) is 9.98 Å². The molecule has 1 aromatic rings. The van der Waals surface area contributed by atoms with Crippen LogP contribution in [0.25, 0.3) is 0 Å². The first-order chi connectivity index (χ1) is 8.47. The van der Waals surface area contributed by atoms with E-state index in [1.807, 2.05) is 0 Å². The second-order valence-electron chi connectivity index (χ2n) is 3.60. The van der Waals surface area contributed by atoms with Gasteiger partial charge in [0.05, 0.1) is 5.75 Å². The molecule has 0 fully saturated rings. The first-order valence-corrected chi connectivity index (χ1v) is 9.28.